The van der Waals surface area contributed by atoms with Gasteiger partial charge in [-0.25, -0.2) is 9.18 Å². The molecule has 1 heterocycles. The van der Waals surface area contributed by atoms with Crippen LogP contribution in [0.4, 0.5) is 4.39 Å². The molecule has 0 atom stereocenters. The summed E-state index contributed by atoms with van der Waals surface area (Å²) < 4.78 is 15.4. The summed E-state index contributed by atoms with van der Waals surface area (Å²) in [6, 6.07) is 6.05. The van der Waals surface area contributed by atoms with Gasteiger partial charge in [-0.3, -0.25) is 14.2 Å². The first kappa shape index (κ1) is 21.3. The van der Waals surface area contributed by atoms with Gasteiger partial charge in [-0.05, 0) is 30.2 Å². The molecule has 0 spiro atoms. The highest BCUT2D eigenvalue weighted by Crippen LogP contribution is 2.10. The number of aryl methyl sites for hydroxylation is 1. The van der Waals surface area contributed by atoms with Gasteiger partial charge in [0.05, 0.1) is 5.56 Å². The van der Waals surface area contributed by atoms with Crippen molar-refractivity contribution in [2.24, 2.45) is 14.1 Å². The molecule has 0 saturated heterocycles. The molecule has 0 aliphatic carbocycles. The van der Waals surface area contributed by atoms with E-state index in [1.165, 1.54) is 42.1 Å². The fourth-order valence-corrected chi connectivity index (χ4v) is 2.85. The lowest BCUT2D eigenvalue weighted by Crippen LogP contribution is -2.37. The van der Waals surface area contributed by atoms with Crippen LogP contribution in [0, 0.1) is 5.82 Å². The summed E-state index contributed by atoms with van der Waals surface area (Å²) in [7, 11) is 2.95. The number of halogens is 1. The van der Waals surface area contributed by atoms with Crippen LogP contribution in [0.3, 0.4) is 0 Å². The van der Waals surface area contributed by atoms with Crippen LogP contribution in [0.5, 0.6) is 0 Å². The maximum atomic E-state index is 13.1. The molecule has 28 heavy (non-hydrogen) atoms. The standard InChI is InChI=1S/C21H26FN3O3/c1-4-5-6-13-25(14-16-7-10-18(22)11-8-16)19(26)12-9-17-15-23(2)21(28)24(3)20(17)27/h7-12,15H,4-6,13-14H2,1-3H3/b12-9+. The van der Waals surface area contributed by atoms with Crippen LogP contribution in [0.1, 0.15) is 37.3 Å². The van der Waals surface area contributed by atoms with Crippen molar-refractivity contribution in [3.8, 4) is 0 Å². The van der Waals surface area contributed by atoms with Crippen molar-refractivity contribution in [3.63, 3.8) is 0 Å². The third kappa shape index (κ3) is 5.52. The molecule has 0 N–H and O–H groups in total. The van der Waals surface area contributed by atoms with E-state index in [-0.39, 0.29) is 17.3 Å². The molecule has 0 bridgehead atoms. The van der Waals surface area contributed by atoms with Gasteiger partial charge in [0, 0.05) is 39.5 Å². The molecule has 150 valence electrons. The molecule has 6 nitrogen and oxygen atoms in total. The molecule has 0 fully saturated rings. The molecule has 2 rings (SSSR count). The van der Waals surface area contributed by atoms with Gasteiger partial charge in [-0.2, -0.15) is 0 Å². The number of aromatic nitrogens is 2. The minimum absolute atomic E-state index is 0.240. The van der Waals surface area contributed by atoms with Crippen molar-refractivity contribution in [2.75, 3.05) is 6.54 Å². The summed E-state index contributed by atoms with van der Waals surface area (Å²) in [5.74, 6) is -0.561. The fraction of sp³-hybridized carbons (Fsp3) is 0.381. The zero-order chi connectivity index (χ0) is 20.7. The molecule has 1 aromatic heterocycles. The fourth-order valence-electron chi connectivity index (χ4n) is 2.85. The predicted molar refractivity (Wildman–Crippen MR) is 107 cm³/mol. The first-order valence-electron chi connectivity index (χ1n) is 9.31. The smallest absolute Gasteiger partial charge is 0.330 e. The number of carbonyl (C=O) groups excluding carboxylic acids is 1. The second-order valence-electron chi connectivity index (χ2n) is 6.77. The summed E-state index contributed by atoms with van der Waals surface area (Å²) in [4.78, 5) is 38.3. The maximum absolute atomic E-state index is 13.1. The van der Waals surface area contributed by atoms with Crippen LogP contribution >= 0.6 is 0 Å². The molecule has 2 aromatic rings. The Labute approximate surface area is 163 Å². The van der Waals surface area contributed by atoms with Gasteiger partial charge in [0.2, 0.25) is 5.91 Å². The number of hydrogen-bond donors (Lipinski definition) is 0. The second-order valence-corrected chi connectivity index (χ2v) is 6.77. The van der Waals surface area contributed by atoms with Gasteiger partial charge in [0.1, 0.15) is 5.82 Å². The van der Waals surface area contributed by atoms with Crippen LogP contribution in [-0.4, -0.2) is 26.5 Å². The normalized spacial score (nSPS) is 11.1. The van der Waals surface area contributed by atoms with Gasteiger partial charge in [-0.1, -0.05) is 31.9 Å². The zero-order valence-electron chi connectivity index (χ0n) is 16.5. The third-order valence-electron chi connectivity index (χ3n) is 4.51. The number of rotatable bonds is 8. The summed E-state index contributed by atoms with van der Waals surface area (Å²) in [5.41, 5.74) is 0.208. The molecule has 1 aromatic carbocycles. The van der Waals surface area contributed by atoms with Crippen LogP contribution in [0.15, 0.2) is 46.1 Å². The zero-order valence-corrected chi connectivity index (χ0v) is 16.5. The van der Waals surface area contributed by atoms with Gasteiger partial charge in [0.15, 0.2) is 0 Å². The number of amides is 1. The Balaban J connectivity index is 2.21. The van der Waals surface area contributed by atoms with Gasteiger partial charge < -0.3 is 9.47 Å². The van der Waals surface area contributed by atoms with E-state index in [9.17, 15) is 18.8 Å². The predicted octanol–water partition coefficient (Wildman–Crippen LogP) is 2.46. The summed E-state index contributed by atoms with van der Waals surface area (Å²) in [6.45, 7) is 3.01. The van der Waals surface area contributed by atoms with E-state index in [0.717, 1.165) is 29.4 Å². The Morgan fingerprint density at radius 2 is 1.82 bits per heavy atom. The highest BCUT2D eigenvalue weighted by atomic mass is 19.1. The summed E-state index contributed by atoms with van der Waals surface area (Å²) in [5, 5.41) is 0. The minimum Gasteiger partial charge on any atom is -0.335 e. The van der Waals surface area contributed by atoms with E-state index < -0.39 is 11.2 Å². The van der Waals surface area contributed by atoms with Gasteiger partial charge >= 0.3 is 5.69 Å². The quantitative estimate of drug-likeness (QED) is 0.516. The molecule has 0 radical (unpaired) electrons. The Bertz CT molecular complexity index is 958. The molecule has 0 aliphatic heterocycles. The first-order chi connectivity index (χ1) is 13.3. The third-order valence-corrected chi connectivity index (χ3v) is 4.51. The van der Waals surface area contributed by atoms with Gasteiger partial charge in [0.25, 0.3) is 5.56 Å². The van der Waals surface area contributed by atoms with E-state index in [1.54, 1.807) is 24.1 Å². The molecule has 0 unspecified atom stereocenters. The largest absolute Gasteiger partial charge is 0.335 e. The lowest BCUT2D eigenvalue weighted by Gasteiger charge is -2.21. The number of hydrogen-bond acceptors (Lipinski definition) is 3. The first-order valence-corrected chi connectivity index (χ1v) is 9.31. The topological polar surface area (TPSA) is 64.3 Å². The minimum atomic E-state index is -0.455. The van der Waals surface area contributed by atoms with Crippen molar-refractivity contribution in [2.45, 2.75) is 32.7 Å². The average Bonchev–Trinajstić information content (AvgIpc) is 2.68. The van der Waals surface area contributed by atoms with E-state index in [4.69, 9.17) is 0 Å². The number of carbonyl (C=O) groups is 1. The van der Waals surface area contributed by atoms with Crippen LogP contribution < -0.4 is 11.2 Å². The maximum Gasteiger partial charge on any atom is 0.330 e. The van der Waals surface area contributed by atoms with Gasteiger partial charge in [-0.15, -0.1) is 0 Å². The van der Waals surface area contributed by atoms with Crippen molar-refractivity contribution in [3.05, 3.63) is 74.3 Å². The van der Waals surface area contributed by atoms with Crippen molar-refractivity contribution in [1.82, 2.24) is 14.0 Å². The Kier molecular flexibility index (Phi) is 7.49. The number of nitrogens with zero attached hydrogens (tertiary/aromatic N) is 3. The van der Waals surface area contributed by atoms with Crippen molar-refractivity contribution >= 4 is 12.0 Å². The second kappa shape index (κ2) is 9.82. The van der Waals surface area contributed by atoms with E-state index in [1.807, 2.05) is 0 Å². The van der Waals surface area contributed by atoms with Crippen LogP contribution in [-0.2, 0) is 25.4 Å². The average molecular weight is 387 g/mol. The van der Waals surface area contributed by atoms with Crippen molar-refractivity contribution in [1.29, 1.82) is 0 Å². The molecular weight excluding hydrogens is 361 g/mol. The number of unbranched alkanes of at least 4 members (excludes halogenated alkanes) is 2. The Hall–Kier alpha value is -2.96. The lowest BCUT2D eigenvalue weighted by molar-refractivity contribution is -0.126. The Morgan fingerprint density at radius 1 is 1.14 bits per heavy atom. The highest BCUT2D eigenvalue weighted by Gasteiger charge is 2.12. The van der Waals surface area contributed by atoms with Crippen LogP contribution in [0.2, 0.25) is 0 Å². The number of benzene rings is 1. The monoisotopic (exact) mass is 387 g/mol. The van der Waals surface area contributed by atoms with E-state index in [0.29, 0.717) is 13.1 Å². The Morgan fingerprint density at radius 3 is 2.46 bits per heavy atom. The van der Waals surface area contributed by atoms with E-state index >= 15 is 0 Å². The summed E-state index contributed by atoms with van der Waals surface area (Å²) >= 11 is 0. The molecule has 1 amide bonds. The highest BCUT2D eigenvalue weighted by molar-refractivity contribution is 5.91. The molecule has 7 heteroatoms. The molecular formula is C21H26FN3O3. The van der Waals surface area contributed by atoms with E-state index in [2.05, 4.69) is 6.92 Å². The van der Waals surface area contributed by atoms with Crippen molar-refractivity contribution < 1.29 is 9.18 Å². The lowest BCUT2D eigenvalue weighted by atomic mass is 10.2. The molecule has 0 saturated carbocycles. The summed E-state index contributed by atoms with van der Waals surface area (Å²) in [6.07, 6.45) is 7.08. The SMILES string of the molecule is CCCCCN(Cc1ccc(F)cc1)C(=O)/C=C/c1cn(C)c(=O)n(C)c1=O. The van der Waals surface area contributed by atoms with Crippen LogP contribution in [0.25, 0.3) is 6.08 Å². The molecule has 0 aliphatic rings.